The molecule has 0 saturated carbocycles. The van der Waals surface area contributed by atoms with Crippen LogP contribution >= 0.6 is 0 Å². The van der Waals surface area contributed by atoms with E-state index in [0.717, 1.165) is 0 Å². The number of halogens is 10. The number of alkyl halides is 10. The largest absolute Gasteiger partial charge is 0.460 e. The second-order valence-electron chi connectivity index (χ2n) is 3.24. The molecule has 0 aliphatic heterocycles. The Kier molecular flexibility index (Phi) is 7.36. The molecule has 0 atom stereocenters. The van der Waals surface area contributed by atoms with Crippen LogP contribution in [0, 0.1) is 0 Å². The average Bonchev–Trinajstić information content (AvgIpc) is 2.24. The predicted octanol–water partition coefficient (Wildman–Crippen LogP) is 5.52. The first-order chi connectivity index (χ1) is 8.62. The fourth-order valence-corrected chi connectivity index (χ4v) is 0.493. The zero-order valence-electron chi connectivity index (χ0n) is 10.1. The molecule has 20 heavy (non-hydrogen) atoms. The van der Waals surface area contributed by atoms with E-state index in [2.05, 4.69) is 0 Å². The Morgan fingerprint density at radius 1 is 0.600 bits per heavy atom. The summed E-state index contributed by atoms with van der Waals surface area (Å²) in [5, 5.41) is 0. The molecule has 0 amide bonds. The van der Waals surface area contributed by atoms with E-state index in [-0.39, 0.29) is 0 Å². The Balaban J connectivity index is 0. The van der Waals surface area contributed by atoms with Crippen LogP contribution in [0.3, 0.4) is 0 Å². The fourth-order valence-electron chi connectivity index (χ4n) is 0.493. The lowest BCUT2D eigenvalue weighted by Gasteiger charge is -2.25. The molecular weight excluding hydrogens is 310 g/mol. The summed E-state index contributed by atoms with van der Waals surface area (Å²) in [6.45, 7) is 4.00. The van der Waals surface area contributed by atoms with Gasteiger partial charge in [0, 0.05) is 6.08 Å². The summed E-state index contributed by atoms with van der Waals surface area (Å²) in [5.74, 6) is -12.5. The molecule has 0 spiro atoms. The molecule has 0 radical (unpaired) electrons. The van der Waals surface area contributed by atoms with Crippen molar-refractivity contribution in [2.45, 2.75) is 38.0 Å². The first-order valence-electron chi connectivity index (χ1n) is 4.79. The van der Waals surface area contributed by atoms with E-state index in [0.29, 0.717) is 0 Å². The minimum absolute atomic E-state index is 1.38. The third-order valence-corrected chi connectivity index (χ3v) is 1.59. The maximum atomic E-state index is 12.2. The average molecular weight is 320 g/mol. The SMILES string of the molecule is CC=CC.FC(F)(F)C=CC(F)(F)C(F)(F)C(F)(F)F. The highest BCUT2D eigenvalue weighted by atomic mass is 19.4. The summed E-state index contributed by atoms with van der Waals surface area (Å²) < 4.78 is 117. The Morgan fingerprint density at radius 3 is 1.15 bits per heavy atom. The van der Waals surface area contributed by atoms with Gasteiger partial charge in [0.25, 0.3) is 0 Å². The van der Waals surface area contributed by atoms with Crippen molar-refractivity contribution in [2.75, 3.05) is 0 Å². The molecule has 10 heteroatoms. The normalized spacial score (nSPS) is 14.6. The van der Waals surface area contributed by atoms with Gasteiger partial charge in [-0.15, -0.1) is 0 Å². The molecule has 0 heterocycles. The van der Waals surface area contributed by atoms with E-state index in [1.807, 2.05) is 26.0 Å². The minimum atomic E-state index is -6.65. The van der Waals surface area contributed by atoms with Gasteiger partial charge >= 0.3 is 24.2 Å². The van der Waals surface area contributed by atoms with Crippen molar-refractivity contribution < 1.29 is 43.9 Å². The lowest BCUT2D eigenvalue weighted by atomic mass is 10.1. The molecule has 0 unspecified atom stereocenters. The molecule has 0 aliphatic carbocycles. The van der Waals surface area contributed by atoms with Crippen molar-refractivity contribution >= 4 is 0 Å². The van der Waals surface area contributed by atoms with Crippen molar-refractivity contribution in [1.82, 2.24) is 0 Å². The molecular formula is C10H10F10. The van der Waals surface area contributed by atoms with E-state index >= 15 is 0 Å². The highest BCUT2D eigenvalue weighted by molar-refractivity contribution is 5.07. The standard InChI is InChI=1S/C6H2F10.C4H8/c7-3(8,1-2-4(9,10)11)5(12,13)6(14,15)16;1-3-4-2/h1-2H;3-4H,1-2H3. The van der Waals surface area contributed by atoms with Gasteiger partial charge in [-0.05, 0) is 19.9 Å². The van der Waals surface area contributed by atoms with Crippen LogP contribution in [-0.4, -0.2) is 24.2 Å². The first kappa shape index (κ1) is 21.1. The lowest BCUT2D eigenvalue weighted by Crippen LogP contribution is -2.50. The van der Waals surface area contributed by atoms with E-state index in [1.165, 1.54) is 0 Å². The Bertz CT molecular complexity index is 327. The van der Waals surface area contributed by atoms with Gasteiger partial charge < -0.3 is 0 Å². The monoisotopic (exact) mass is 320 g/mol. The molecule has 0 fully saturated rings. The molecule has 0 aliphatic rings. The maximum Gasteiger partial charge on any atom is 0.460 e. The third kappa shape index (κ3) is 6.80. The van der Waals surface area contributed by atoms with E-state index < -0.39 is 36.3 Å². The highest BCUT2D eigenvalue weighted by Gasteiger charge is 2.72. The van der Waals surface area contributed by atoms with Crippen molar-refractivity contribution in [1.29, 1.82) is 0 Å². The van der Waals surface area contributed by atoms with E-state index in [1.54, 1.807) is 0 Å². The smallest absolute Gasteiger partial charge is 0.195 e. The van der Waals surface area contributed by atoms with Gasteiger partial charge in [0.1, 0.15) is 0 Å². The molecule has 0 saturated heterocycles. The zero-order chi connectivity index (χ0) is 16.8. The van der Waals surface area contributed by atoms with Crippen LogP contribution in [0.4, 0.5) is 43.9 Å². The quantitative estimate of drug-likeness (QED) is 0.464. The third-order valence-electron chi connectivity index (χ3n) is 1.59. The Hall–Kier alpha value is -1.22. The summed E-state index contributed by atoms with van der Waals surface area (Å²) in [5.41, 5.74) is 0. The number of rotatable bonds is 2. The molecule has 0 aromatic rings. The van der Waals surface area contributed by atoms with E-state index in [9.17, 15) is 43.9 Å². The second-order valence-corrected chi connectivity index (χ2v) is 3.24. The molecule has 0 N–H and O–H groups in total. The molecule has 0 aromatic heterocycles. The number of hydrogen-bond donors (Lipinski definition) is 0. The number of hydrogen-bond acceptors (Lipinski definition) is 0. The topological polar surface area (TPSA) is 0 Å². The maximum absolute atomic E-state index is 12.2. The highest BCUT2D eigenvalue weighted by Crippen LogP contribution is 2.47. The van der Waals surface area contributed by atoms with Crippen LogP contribution in [0.1, 0.15) is 13.8 Å². The van der Waals surface area contributed by atoms with Crippen molar-refractivity contribution in [2.24, 2.45) is 0 Å². The van der Waals surface area contributed by atoms with Gasteiger partial charge in [0.05, 0.1) is 0 Å². The van der Waals surface area contributed by atoms with Crippen LogP contribution in [0.25, 0.3) is 0 Å². The van der Waals surface area contributed by atoms with Gasteiger partial charge in [0.2, 0.25) is 0 Å². The van der Waals surface area contributed by atoms with Crippen molar-refractivity contribution in [3.8, 4) is 0 Å². The Morgan fingerprint density at radius 2 is 0.950 bits per heavy atom. The van der Waals surface area contributed by atoms with Crippen LogP contribution < -0.4 is 0 Å². The summed E-state index contributed by atoms with van der Waals surface area (Å²) in [6, 6.07) is 0. The summed E-state index contributed by atoms with van der Waals surface area (Å²) >= 11 is 0. The van der Waals surface area contributed by atoms with Crippen LogP contribution in [-0.2, 0) is 0 Å². The van der Waals surface area contributed by atoms with Crippen LogP contribution in [0.15, 0.2) is 24.3 Å². The summed E-state index contributed by atoms with van der Waals surface area (Å²) in [7, 11) is 0. The van der Waals surface area contributed by atoms with Crippen molar-refractivity contribution in [3.05, 3.63) is 24.3 Å². The molecule has 0 nitrogen and oxygen atoms in total. The van der Waals surface area contributed by atoms with Gasteiger partial charge in [-0.1, -0.05) is 12.2 Å². The Labute approximate surface area is 107 Å². The first-order valence-corrected chi connectivity index (χ1v) is 4.79. The van der Waals surface area contributed by atoms with Crippen LogP contribution in [0.5, 0.6) is 0 Å². The fraction of sp³-hybridized carbons (Fsp3) is 0.600. The zero-order valence-corrected chi connectivity index (χ0v) is 10.1. The van der Waals surface area contributed by atoms with E-state index in [4.69, 9.17) is 0 Å². The second kappa shape index (κ2) is 6.98. The molecule has 0 rings (SSSR count). The predicted molar refractivity (Wildman–Crippen MR) is 51.6 cm³/mol. The summed E-state index contributed by atoms with van der Waals surface area (Å²) in [6.07, 6.45) is -11.0. The van der Waals surface area contributed by atoms with Gasteiger partial charge in [-0.3, -0.25) is 0 Å². The van der Waals surface area contributed by atoms with Crippen molar-refractivity contribution in [3.63, 3.8) is 0 Å². The minimum Gasteiger partial charge on any atom is -0.195 e. The number of allylic oxidation sites excluding steroid dienone is 4. The molecule has 0 aromatic carbocycles. The van der Waals surface area contributed by atoms with Gasteiger partial charge in [-0.2, -0.15) is 43.9 Å². The molecule has 0 bridgehead atoms. The van der Waals surface area contributed by atoms with Gasteiger partial charge in [-0.25, -0.2) is 0 Å². The molecule has 120 valence electrons. The van der Waals surface area contributed by atoms with Gasteiger partial charge in [0.15, 0.2) is 0 Å². The lowest BCUT2D eigenvalue weighted by molar-refractivity contribution is -0.342. The van der Waals surface area contributed by atoms with Crippen LogP contribution in [0.2, 0.25) is 0 Å². The summed E-state index contributed by atoms with van der Waals surface area (Å²) in [4.78, 5) is 0.